The first kappa shape index (κ1) is 17.4. The first-order valence-electron chi connectivity index (χ1n) is 7.96. The molecule has 0 amide bonds. The van der Waals surface area contributed by atoms with Crippen LogP contribution in [0, 0.1) is 0 Å². The number of hydrogen-bond donors (Lipinski definition) is 1. The van der Waals surface area contributed by atoms with Crippen molar-refractivity contribution in [2.75, 3.05) is 14.2 Å². The second-order valence-electron chi connectivity index (χ2n) is 5.57. The lowest BCUT2D eigenvalue weighted by atomic mass is 10.2. The summed E-state index contributed by atoms with van der Waals surface area (Å²) in [5.41, 5.74) is 2.11. The Morgan fingerprint density at radius 1 is 0.920 bits per heavy atom. The van der Waals surface area contributed by atoms with Crippen LogP contribution in [0.5, 0.6) is 11.5 Å². The molecule has 0 atom stereocenters. The third kappa shape index (κ3) is 4.35. The van der Waals surface area contributed by atoms with Crippen LogP contribution >= 0.6 is 11.6 Å². The zero-order valence-corrected chi connectivity index (χ0v) is 15.0. The van der Waals surface area contributed by atoms with Crippen molar-refractivity contribution in [3.63, 3.8) is 0 Å². The van der Waals surface area contributed by atoms with E-state index in [1.54, 1.807) is 14.2 Å². The van der Waals surface area contributed by atoms with Crippen molar-refractivity contribution in [1.82, 2.24) is 5.32 Å². The van der Waals surface area contributed by atoms with Crippen molar-refractivity contribution >= 4 is 11.6 Å². The minimum atomic E-state index is 0.565. The summed E-state index contributed by atoms with van der Waals surface area (Å²) in [5.74, 6) is 3.16. The number of rotatable bonds is 7. The highest BCUT2D eigenvalue weighted by Gasteiger charge is 2.08. The first-order valence-corrected chi connectivity index (χ1v) is 8.33. The highest BCUT2D eigenvalue weighted by atomic mass is 35.5. The third-order valence-corrected chi connectivity index (χ3v) is 4.18. The average Bonchev–Trinajstić information content (AvgIpc) is 3.11. The van der Waals surface area contributed by atoms with Crippen molar-refractivity contribution in [3.05, 3.63) is 70.9 Å². The van der Waals surface area contributed by atoms with Crippen molar-refractivity contribution in [3.8, 4) is 22.8 Å². The molecule has 5 heteroatoms. The predicted molar refractivity (Wildman–Crippen MR) is 99.2 cm³/mol. The molecule has 25 heavy (non-hydrogen) atoms. The van der Waals surface area contributed by atoms with Crippen LogP contribution in [-0.4, -0.2) is 14.2 Å². The maximum absolute atomic E-state index is 6.17. The molecule has 2 aromatic carbocycles. The molecular weight excluding hydrogens is 338 g/mol. The van der Waals surface area contributed by atoms with Gasteiger partial charge in [-0.25, -0.2) is 0 Å². The fourth-order valence-corrected chi connectivity index (χ4v) is 2.78. The summed E-state index contributed by atoms with van der Waals surface area (Å²) in [6.45, 7) is 1.41. The van der Waals surface area contributed by atoms with Crippen molar-refractivity contribution in [2.45, 2.75) is 13.1 Å². The molecule has 3 rings (SSSR count). The Balaban J connectivity index is 1.58. The molecule has 1 N–H and O–H groups in total. The number of furan rings is 1. The van der Waals surface area contributed by atoms with Crippen LogP contribution in [0.3, 0.4) is 0 Å². The van der Waals surface area contributed by atoms with Gasteiger partial charge in [0.25, 0.3) is 0 Å². The number of methoxy groups -OCH3 is 2. The highest BCUT2D eigenvalue weighted by molar-refractivity contribution is 6.32. The van der Waals surface area contributed by atoms with Gasteiger partial charge in [-0.2, -0.15) is 0 Å². The molecule has 130 valence electrons. The zero-order valence-electron chi connectivity index (χ0n) is 14.2. The normalized spacial score (nSPS) is 10.7. The molecule has 0 saturated carbocycles. The van der Waals surface area contributed by atoms with E-state index in [4.69, 9.17) is 25.5 Å². The Morgan fingerprint density at radius 3 is 2.40 bits per heavy atom. The van der Waals surface area contributed by atoms with Gasteiger partial charge in [0.1, 0.15) is 23.0 Å². The monoisotopic (exact) mass is 357 g/mol. The van der Waals surface area contributed by atoms with Crippen molar-refractivity contribution in [2.24, 2.45) is 0 Å². The molecule has 0 radical (unpaired) electrons. The number of halogens is 1. The molecule has 1 aromatic heterocycles. The SMILES string of the molecule is COc1ccc(CNCc2ccc(-c3ccc(OC)c(Cl)c3)o2)cc1. The molecular formula is C20H20ClNO3. The molecule has 0 aliphatic carbocycles. The molecule has 0 aliphatic heterocycles. The lowest BCUT2D eigenvalue weighted by molar-refractivity contribution is 0.414. The van der Waals surface area contributed by atoms with Crippen LogP contribution in [0.4, 0.5) is 0 Å². The Hall–Kier alpha value is -2.43. The molecule has 0 fully saturated rings. The second-order valence-corrected chi connectivity index (χ2v) is 5.97. The van der Waals surface area contributed by atoms with Gasteiger partial charge in [-0.3, -0.25) is 0 Å². The summed E-state index contributed by atoms with van der Waals surface area (Å²) < 4.78 is 16.2. The average molecular weight is 358 g/mol. The molecule has 0 bridgehead atoms. The highest BCUT2D eigenvalue weighted by Crippen LogP contribution is 2.31. The van der Waals surface area contributed by atoms with Crippen LogP contribution in [-0.2, 0) is 13.1 Å². The molecule has 1 heterocycles. The molecule has 3 aromatic rings. The predicted octanol–water partition coefficient (Wildman–Crippen LogP) is 4.91. The van der Waals surface area contributed by atoms with E-state index in [1.165, 1.54) is 5.56 Å². The van der Waals surface area contributed by atoms with E-state index in [9.17, 15) is 0 Å². The van der Waals surface area contributed by atoms with Gasteiger partial charge in [0.05, 0.1) is 25.8 Å². The van der Waals surface area contributed by atoms with E-state index in [-0.39, 0.29) is 0 Å². The van der Waals surface area contributed by atoms with Crippen LogP contribution in [0.25, 0.3) is 11.3 Å². The molecule has 0 spiro atoms. The van der Waals surface area contributed by atoms with Crippen LogP contribution < -0.4 is 14.8 Å². The Morgan fingerprint density at radius 2 is 1.72 bits per heavy atom. The summed E-state index contributed by atoms with van der Waals surface area (Å²) >= 11 is 6.17. The van der Waals surface area contributed by atoms with Crippen LogP contribution in [0.1, 0.15) is 11.3 Å². The van der Waals surface area contributed by atoms with Crippen LogP contribution in [0.2, 0.25) is 5.02 Å². The van der Waals surface area contributed by atoms with Gasteiger partial charge >= 0.3 is 0 Å². The smallest absolute Gasteiger partial charge is 0.137 e. The minimum Gasteiger partial charge on any atom is -0.497 e. The lowest BCUT2D eigenvalue weighted by Crippen LogP contribution is -2.11. The second kappa shape index (κ2) is 8.10. The number of ether oxygens (including phenoxy) is 2. The largest absolute Gasteiger partial charge is 0.497 e. The van der Waals surface area contributed by atoms with Gasteiger partial charge in [0, 0.05) is 12.1 Å². The zero-order chi connectivity index (χ0) is 17.6. The molecule has 0 saturated heterocycles. The minimum absolute atomic E-state index is 0.565. The van der Waals surface area contributed by atoms with Gasteiger partial charge in [0.15, 0.2) is 0 Å². The lowest BCUT2D eigenvalue weighted by Gasteiger charge is -2.05. The van der Waals surface area contributed by atoms with Gasteiger partial charge in [-0.1, -0.05) is 23.7 Å². The quantitative estimate of drug-likeness (QED) is 0.652. The topological polar surface area (TPSA) is 43.6 Å². The molecule has 0 unspecified atom stereocenters. The van der Waals surface area contributed by atoms with E-state index >= 15 is 0 Å². The number of benzene rings is 2. The maximum Gasteiger partial charge on any atom is 0.137 e. The summed E-state index contributed by atoms with van der Waals surface area (Å²) in [7, 11) is 3.26. The fraction of sp³-hybridized carbons (Fsp3) is 0.200. The number of nitrogens with one attached hydrogen (secondary N) is 1. The van der Waals surface area contributed by atoms with Gasteiger partial charge in [-0.15, -0.1) is 0 Å². The van der Waals surface area contributed by atoms with Gasteiger partial charge < -0.3 is 19.2 Å². The molecule has 4 nitrogen and oxygen atoms in total. The van der Waals surface area contributed by atoms with E-state index in [0.717, 1.165) is 29.4 Å². The Bertz CT molecular complexity index is 827. The van der Waals surface area contributed by atoms with E-state index in [2.05, 4.69) is 5.32 Å². The van der Waals surface area contributed by atoms with E-state index in [1.807, 2.05) is 54.6 Å². The fourth-order valence-electron chi connectivity index (χ4n) is 2.52. The van der Waals surface area contributed by atoms with Gasteiger partial charge in [-0.05, 0) is 48.0 Å². The van der Waals surface area contributed by atoms with Crippen molar-refractivity contribution < 1.29 is 13.9 Å². The van der Waals surface area contributed by atoms with E-state index in [0.29, 0.717) is 17.3 Å². The Kier molecular flexibility index (Phi) is 5.64. The third-order valence-electron chi connectivity index (χ3n) is 3.89. The molecule has 0 aliphatic rings. The van der Waals surface area contributed by atoms with E-state index < -0.39 is 0 Å². The van der Waals surface area contributed by atoms with Gasteiger partial charge in [0.2, 0.25) is 0 Å². The summed E-state index contributed by atoms with van der Waals surface area (Å²) in [6, 6.07) is 17.5. The Labute approximate surface area is 152 Å². The standard InChI is InChI=1S/C20H20ClNO3/c1-23-16-6-3-14(4-7-16)12-22-13-17-8-10-19(25-17)15-5-9-20(24-2)18(21)11-15/h3-11,22H,12-13H2,1-2H3. The summed E-state index contributed by atoms with van der Waals surface area (Å²) in [5, 5.41) is 3.93. The maximum atomic E-state index is 6.17. The van der Waals surface area contributed by atoms with Crippen molar-refractivity contribution in [1.29, 1.82) is 0 Å². The van der Waals surface area contributed by atoms with Crippen LogP contribution in [0.15, 0.2) is 59.0 Å². The first-order chi connectivity index (χ1) is 12.2. The number of hydrogen-bond acceptors (Lipinski definition) is 4. The summed E-state index contributed by atoms with van der Waals surface area (Å²) in [4.78, 5) is 0. The summed E-state index contributed by atoms with van der Waals surface area (Å²) in [6.07, 6.45) is 0.